The predicted octanol–water partition coefficient (Wildman–Crippen LogP) is 2.75. The zero-order chi connectivity index (χ0) is 13.8. The Labute approximate surface area is 115 Å². The molecular formula is C13H12ClN3O2. The van der Waals surface area contributed by atoms with E-state index in [1.165, 1.54) is 12.3 Å². The van der Waals surface area contributed by atoms with E-state index in [0.717, 1.165) is 11.1 Å². The largest absolute Gasteiger partial charge is 0.478 e. The Bertz CT molecular complexity index is 617. The molecule has 0 atom stereocenters. The quantitative estimate of drug-likeness (QED) is 0.899. The van der Waals surface area contributed by atoms with Crippen LogP contribution in [-0.2, 0) is 6.54 Å². The molecule has 0 bridgehead atoms. The van der Waals surface area contributed by atoms with Crippen molar-refractivity contribution in [1.29, 1.82) is 0 Å². The molecule has 0 unspecified atom stereocenters. The van der Waals surface area contributed by atoms with Gasteiger partial charge in [-0.2, -0.15) is 0 Å². The van der Waals surface area contributed by atoms with E-state index in [2.05, 4.69) is 15.3 Å². The van der Waals surface area contributed by atoms with Crippen molar-refractivity contribution in [3.63, 3.8) is 0 Å². The lowest BCUT2D eigenvalue weighted by Gasteiger charge is -2.09. The average Bonchev–Trinajstić information content (AvgIpc) is 2.39. The van der Waals surface area contributed by atoms with Crippen LogP contribution in [0.3, 0.4) is 0 Å². The number of anilines is 1. The molecule has 98 valence electrons. The maximum Gasteiger partial charge on any atom is 0.337 e. The number of aromatic nitrogens is 2. The SMILES string of the molecule is Cc1cnccc1CNc1ncc(C(=O)O)cc1Cl. The molecule has 0 amide bonds. The van der Waals surface area contributed by atoms with Crippen LogP contribution in [0.2, 0.25) is 5.02 Å². The molecule has 0 fully saturated rings. The van der Waals surface area contributed by atoms with E-state index in [0.29, 0.717) is 12.4 Å². The molecule has 2 N–H and O–H groups in total. The van der Waals surface area contributed by atoms with Crippen LogP contribution in [0.5, 0.6) is 0 Å². The third-order valence-corrected chi connectivity index (χ3v) is 2.96. The van der Waals surface area contributed by atoms with Gasteiger partial charge in [0.2, 0.25) is 0 Å². The zero-order valence-electron chi connectivity index (χ0n) is 10.2. The Hall–Kier alpha value is -2.14. The highest BCUT2D eigenvalue weighted by Crippen LogP contribution is 2.21. The fourth-order valence-electron chi connectivity index (χ4n) is 1.56. The molecule has 2 rings (SSSR count). The van der Waals surface area contributed by atoms with Gasteiger partial charge in [0.25, 0.3) is 0 Å². The molecule has 0 aromatic carbocycles. The predicted molar refractivity (Wildman–Crippen MR) is 72.5 cm³/mol. The number of pyridine rings is 2. The van der Waals surface area contributed by atoms with Gasteiger partial charge in [0.05, 0.1) is 10.6 Å². The summed E-state index contributed by atoms with van der Waals surface area (Å²) >= 11 is 5.98. The normalized spacial score (nSPS) is 10.2. The van der Waals surface area contributed by atoms with E-state index in [9.17, 15) is 4.79 Å². The molecule has 0 saturated carbocycles. The number of carboxylic acids is 1. The second-order valence-electron chi connectivity index (χ2n) is 4.02. The molecule has 0 aliphatic carbocycles. The molecule has 0 radical (unpaired) electrons. The van der Waals surface area contributed by atoms with Crippen LogP contribution in [0.1, 0.15) is 21.5 Å². The van der Waals surface area contributed by atoms with Crippen LogP contribution in [-0.4, -0.2) is 21.0 Å². The van der Waals surface area contributed by atoms with Crippen molar-refractivity contribution in [3.8, 4) is 0 Å². The highest BCUT2D eigenvalue weighted by molar-refractivity contribution is 6.33. The number of aryl methyl sites for hydroxylation is 1. The fourth-order valence-corrected chi connectivity index (χ4v) is 1.80. The summed E-state index contributed by atoms with van der Waals surface area (Å²) in [6.07, 6.45) is 4.77. The number of nitrogens with one attached hydrogen (secondary N) is 1. The molecule has 2 aromatic heterocycles. The number of nitrogens with zero attached hydrogens (tertiary/aromatic N) is 2. The highest BCUT2D eigenvalue weighted by Gasteiger charge is 2.08. The van der Waals surface area contributed by atoms with E-state index in [1.54, 1.807) is 12.4 Å². The first-order valence-corrected chi connectivity index (χ1v) is 5.98. The lowest BCUT2D eigenvalue weighted by molar-refractivity contribution is 0.0696. The number of rotatable bonds is 4. The molecule has 6 heteroatoms. The molecule has 0 saturated heterocycles. The van der Waals surface area contributed by atoms with E-state index in [1.807, 2.05) is 13.0 Å². The lowest BCUT2D eigenvalue weighted by atomic mass is 10.1. The summed E-state index contributed by atoms with van der Waals surface area (Å²) in [4.78, 5) is 18.8. The maximum absolute atomic E-state index is 10.8. The first-order chi connectivity index (χ1) is 9.08. The van der Waals surface area contributed by atoms with Gasteiger partial charge in [-0.3, -0.25) is 4.98 Å². The third-order valence-electron chi connectivity index (χ3n) is 2.67. The van der Waals surface area contributed by atoms with Crippen molar-refractivity contribution in [2.45, 2.75) is 13.5 Å². The van der Waals surface area contributed by atoms with Gasteiger partial charge in [0, 0.05) is 25.1 Å². The maximum atomic E-state index is 10.8. The second-order valence-corrected chi connectivity index (χ2v) is 4.42. The third kappa shape index (κ3) is 3.20. The Morgan fingerprint density at radius 1 is 1.47 bits per heavy atom. The Morgan fingerprint density at radius 3 is 2.89 bits per heavy atom. The van der Waals surface area contributed by atoms with Gasteiger partial charge < -0.3 is 10.4 Å². The molecule has 0 aliphatic heterocycles. The van der Waals surface area contributed by atoms with Crippen molar-refractivity contribution in [1.82, 2.24) is 9.97 Å². The standard InChI is InChI=1S/C13H12ClN3O2/c1-8-5-15-3-2-9(8)6-16-12-11(14)4-10(7-17-12)13(18)19/h2-5,7H,6H2,1H3,(H,16,17)(H,18,19). The van der Waals surface area contributed by atoms with Gasteiger partial charge in [-0.05, 0) is 30.2 Å². The Balaban J connectivity index is 2.12. The summed E-state index contributed by atoms with van der Waals surface area (Å²) in [7, 11) is 0. The minimum absolute atomic E-state index is 0.0654. The van der Waals surface area contributed by atoms with Crippen LogP contribution < -0.4 is 5.32 Å². The van der Waals surface area contributed by atoms with E-state index < -0.39 is 5.97 Å². The number of carbonyl (C=O) groups is 1. The summed E-state index contributed by atoms with van der Waals surface area (Å²) in [5.74, 6) is -0.589. The molecule has 0 spiro atoms. The van der Waals surface area contributed by atoms with E-state index in [4.69, 9.17) is 16.7 Å². The van der Waals surface area contributed by atoms with Gasteiger partial charge in [-0.15, -0.1) is 0 Å². The van der Waals surface area contributed by atoms with Gasteiger partial charge >= 0.3 is 5.97 Å². The van der Waals surface area contributed by atoms with Crippen LogP contribution in [0.25, 0.3) is 0 Å². The second kappa shape index (κ2) is 5.67. The summed E-state index contributed by atoms with van der Waals surface area (Å²) in [6, 6.07) is 3.28. The molecule has 19 heavy (non-hydrogen) atoms. The summed E-state index contributed by atoms with van der Waals surface area (Å²) < 4.78 is 0. The number of hydrogen-bond donors (Lipinski definition) is 2. The van der Waals surface area contributed by atoms with Crippen LogP contribution in [0.4, 0.5) is 5.82 Å². The molecular weight excluding hydrogens is 266 g/mol. The molecule has 0 aliphatic rings. The monoisotopic (exact) mass is 277 g/mol. The van der Waals surface area contributed by atoms with Crippen molar-refractivity contribution < 1.29 is 9.90 Å². The smallest absolute Gasteiger partial charge is 0.337 e. The van der Waals surface area contributed by atoms with Crippen molar-refractivity contribution in [2.75, 3.05) is 5.32 Å². The summed E-state index contributed by atoms with van der Waals surface area (Å²) in [6.45, 7) is 2.51. The summed E-state index contributed by atoms with van der Waals surface area (Å²) in [5, 5.41) is 12.2. The average molecular weight is 278 g/mol. The van der Waals surface area contributed by atoms with Crippen molar-refractivity contribution in [3.05, 3.63) is 52.4 Å². The first kappa shape index (κ1) is 13.3. The minimum Gasteiger partial charge on any atom is -0.478 e. The number of hydrogen-bond acceptors (Lipinski definition) is 4. The van der Waals surface area contributed by atoms with Crippen LogP contribution >= 0.6 is 11.6 Å². The Morgan fingerprint density at radius 2 is 2.26 bits per heavy atom. The zero-order valence-corrected chi connectivity index (χ0v) is 11.0. The number of halogens is 1. The summed E-state index contributed by atoms with van der Waals surface area (Å²) in [5.41, 5.74) is 2.21. The van der Waals surface area contributed by atoms with E-state index >= 15 is 0 Å². The molecule has 2 aromatic rings. The van der Waals surface area contributed by atoms with Crippen molar-refractivity contribution >= 4 is 23.4 Å². The van der Waals surface area contributed by atoms with Gasteiger partial charge in [0.1, 0.15) is 5.82 Å². The topological polar surface area (TPSA) is 75.1 Å². The van der Waals surface area contributed by atoms with Gasteiger partial charge in [0.15, 0.2) is 0 Å². The minimum atomic E-state index is -1.05. The molecule has 2 heterocycles. The fraction of sp³-hybridized carbons (Fsp3) is 0.154. The van der Waals surface area contributed by atoms with Gasteiger partial charge in [-0.25, -0.2) is 9.78 Å². The highest BCUT2D eigenvalue weighted by atomic mass is 35.5. The van der Waals surface area contributed by atoms with Gasteiger partial charge in [-0.1, -0.05) is 11.6 Å². The van der Waals surface area contributed by atoms with Crippen LogP contribution in [0.15, 0.2) is 30.7 Å². The first-order valence-electron chi connectivity index (χ1n) is 5.60. The van der Waals surface area contributed by atoms with Crippen molar-refractivity contribution in [2.24, 2.45) is 0 Å². The van der Waals surface area contributed by atoms with E-state index in [-0.39, 0.29) is 10.6 Å². The lowest BCUT2D eigenvalue weighted by Crippen LogP contribution is -2.05. The number of aromatic carboxylic acids is 1. The molecule has 5 nitrogen and oxygen atoms in total. The Kier molecular flexibility index (Phi) is 3.97. The number of carboxylic acid groups (broad SMARTS) is 1. The van der Waals surface area contributed by atoms with Crippen LogP contribution in [0, 0.1) is 6.92 Å².